The highest BCUT2D eigenvalue weighted by Gasteiger charge is 2.20. The van der Waals surface area contributed by atoms with E-state index in [9.17, 15) is 0 Å². The van der Waals surface area contributed by atoms with Crippen LogP contribution in [0.5, 0.6) is 5.75 Å². The summed E-state index contributed by atoms with van der Waals surface area (Å²) in [5, 5.41) is 0. The molecule has 0 aliphatic carbocycles. The quantitative estimate of drug-likeness (QED) is 0.860. The highest BCUT2D eigenvalue weighted by atomic mass is 16.5. The first-order valence-corrected chi connectivity index (χ1v) is 7.56. The van der Waals surface area contributed by atoms with Gasteiger partial charge in [-0.25, -0.2) is 0 Å². The second kappa shape index (κ2) is 6.27. The van der Waals surface area contributed by atoms with Crippen LogP contribution in [-0.2, 0) is 0 Å². The SMILES string of the molecule is COc1cccc(-c2cccc(C3CCCN(C)C3)n2)c1. The van der Waals surface area contributed by atoms with Gasteiger partial charge in [0.15, 0.2) is 0 Å². The van der Waals surface area contributed by atoms with Crippen molar-refractivity contribution in [1.82, 2.24) is 9.88 Å². The first-order chi connectivity index (χ1) is 10.3. The van der Waals surface area contributed by atoms with Crippen LogP contribution in [-0.4, -0.2) is 37.1 Å². The third-order valence-corrected chi connectivity index (χ3v) is 4.18. The lowest BCUT2D eigenvalue weighted by Gasteiger charge is -2.29. The van der Waals surface area contributed by atoms with E-state index in [0.717, 1.165) is 23.6 Å². The van der Waals surface area contributed by atoms with Crippen molar-refractivity contribution in [3.8, 4) is 17.0 Å². The average Bonchev–Trinajstić information content (AvgIpc) is 2.55. The van der Waals surface area contributed by atoms with Gasteiger partial charge in [-0.05, 0) is 50.7 Å². The van der Waals surface area contributed by atoms with Crippen LogP contribution in [0.4, 0.5) is 0 Å². The van der Waals surface area contributed by atoms with E-state index in [1.54, 1.807) is 7.11 Å². The zero-order chi connectivity index (χ0) is 14.7. The van der Waals surface area contributed by atoms with E-state index in [4.69, 9.17) is 9.72 Å². The van der Waals surface area contributed by atoms with E-state index in [-0.39, 0.29) is 0 Å². The number of aromatic nitrogens is 1. The van der Waals surface area contributed by atoms with Crippen LogP contribution in [0.2, 0.25) is 0 Å². The molecule has 1 aromatic heterocycles. The maximum Gasteiger partial charge on any atom is 0.119 e. The lowest BCUT2D eigenvalue weighted by Crippen LogP contribution is -2.31. The molecule has 3 heteroatoms. The molecule has 3 rings (SSSR count). The molecule has 2 heterocycles. The van der Waals surface area contributed by atoms with Crippen LogP contribution in [0.15, 0.2) is 42.5 Å². The Balaban J connectivity index is 1.88. The Morgan fingerprint density at radius 2 is 2.05 bits per heavy atom. The lowest BCUT2D eigenvalue weighted by atomic mass is 9.94. The number of piperidine rings is 1. The molecular formula is C18H22N2O. The molecule has 1 atom stereocenters. The second-order valence-corrected chi connectivity index (χ2v) is 5.78. The van der Waals surface area contributed by atoms with Gasteiger partial charge in [0, 0.05) is 23.7 Å². The fourth-order valence-electron chi connectivity index (χ4n) is 3.03. The summed E-state index contributed by atoms with van der Waals surface area (Å²) >= 11 is 0. The molecule has 1 aliphatic heterocycles. The number of likely N-dealkylation sites (N-methyl/N-ethyl adjacent to an activating group) is 1. The largest absolute Gasteiger partial charge is 0.497 e. The summed E-state index contributed by atoms with van der Waals surface area (Å²) in [6.45, 7) is 2.31. The third kappa shape index (κ3) is 3.24. The van der Waals surface area contributed by atoms with Crippen molar-refractivity contribution < 1.29 is 4.74 Å². The molecule has 0 saturated carbocycles. The van der Waals surface area contributed by atoms with Crippen LogP contribution in [0.1, 0.15) is 24.5 Å². The van der Waals surface area contributed by atoms with Crippen LogP contribution in [0.25, 0.3) is 11.3 Å². The number of nitrogens with zero attached hydrogens (tertiary/aromatic N) is 2. The van der Waals surface area contributed by atoms with Gasteiger partial charge < -0.3 is 9.64 Å². The van der Waals surface area contributed by atoms with Crippen molar-refractivity contribution in [3.05, 3.63) is 48.2 Å². The Bertz CT molecular complexity index is 612. The molecule has 0 spiro atoms. The molecule has 0 N–H and O–H groups in total. The Morgan fingerprint density at radius 3 is 2.86 bits per heavy atom. The molecule has 0 amide bonds. The second-order valence-electron chi connectivity index (χ2n) is 5.78. The van der Waals surface area contributed by atoms with Crippen molar-refractivity contribution in [1.29, 1.82) is 0 Å². The van der Waals surface area contributed by atoms with Gasteiger partial charge in [0.2, 0.25) is 0 Å². The van der Waals surface area contributed by atoms with E-state index < -0.39 is 0 Å². The maximum absolute atomic E-state index is 5.30. The Morgan fingerprint density at radius 1 is 1.19 bits per heavy atom. The topological polar surface area (TPSA) is 25.4 Å². The zero-order valence-electron chi connectivity index (χ0n) is 12.7. The Labute approximate surface area is 126 Å². The fourth-order valence-corrected chi connectivity index (χ4v) is 3.03. The molecule has 0 radical (unpaired) electrons. The van der Waals surface area contributed by atoms with Crippen LogP contribution >= 0.6 is 0 Å². The predicted molar refractivity (Wildman–Crippen MR) is 85.7 cm³/mol. The summed E-state index contributed by atoms with van der Waals surface area (Å²) in [6, 6.07) is 14.4. The van der Waals surface area contributed by atoms with E-state index in [2.05, 4.69) is 36.2 Å². The first-order valence-electron chi connectivity index (χ1n) is 7.56. The van der Waals surface area contributed by atoms with Crippen LogP contribution < -0.4 is 4.74 Å². The van der Waals surface area contributed by atoms with Crippen molar-refractivity contribution in [2.24, 2.45) is 0 Å². The maximum atomic E-state index is 5.30. The number of rotatable bonds is 3. The minimum Gasteiger partial charge on any atom is -0.497 e. The molecule has 21 heavy (non-hydrogen) atoms. The molecule has 1 saturated heterocycles. The minimum atomic E-state index is 0.550. The summed E-state index contributed by atoms with van der Waals surface area (Å²) < 4.78 is 5.30. The number of pyridine rings is 1. The number of ether oxygens (including phenoxy) is 1. The van der Waals surface area contributed by atoms with Crippen LogP contribution in [0.3, 0.4) is 0 Å². The first kappa shape index (κ1) is 14.1. The van der Waals surface area contributed by atoms with E-state index in [1.165, 1.54) is 25.1 Å². The lowest BCUT2D eigenvalue weighted by molar-refractivity contribution is 0.248. The summed E-state index contributed by atoms with van der Waals surface area (Å²) in [5.41, 5.74) is 3.35. The summed E-state index contributed by atoms with van der Waals surface area (Å²) in [7, 11) is 3.89. The third-order valence-electron chi connectivity index (χ3n) is 4.18. The van der Waals surface area contributed by atoms with Gasteiger partial charge in [-0.3, -0.25) is 4.98 Å². The number of hydrogen-bond donors (Lipinski definition) is 0. The van der Waals surface area contributed by atoms with Gasteiger partial charge in [0.1, 0.15) is 5.75 Å². The molecule has 1 aliphatic rings. The summed E-state index contributed by atoms with van der Waals surface area (Å²) in [5.74, 6) is 1.42. The van der Waals surface area contributed by atoms with Gasteiger partial charge in [-0.2, -0.15) is 0 Å². The summed E-state index contributed by atoms with van der Waals surface area (Å²) in [6.07, 6.45) is 2.49. The van der Waals surface area contributed by atoms with Gasteiger partial charge >= 0.3 is 0 Å². The molecule has 0 bridgehead atoms. The highest BCUT2D eigenvalue weighted by molar-refractivity contribution is 5.61. The number of hydrogen-bond acceptors (Lipinski definition) is 3. The Kier molecular flexibility index (Phi) is 4.20. The smallest absolute Gasteiger partial charge is 0.119 e. The molecule has 1 fully saturated rings. The molecule has 2 aromatic rings. The predicted octanol–water partition coefficient (Wildman–Crippen LogP) is 3.57. The van der Waals surface area contributed by atoms with Crippen molar-refractivity contribution in [3.63, 3.8) is 0 Å². The molecular weight excluding hydrogens is 260 g/mol. The van der Waals surface area contributed by atoms with Gasteiger partial charge in [-0.1, -0.05) is 18.2 Å². The number of likely N-dealkylation sites (tertiary alicyclic amines) is 1. The molecule has 1 aromatic carbocycles. The van der Waals surface area contributed by atoms with Crippen molar-refractivity contribution in [2.75, 3.05) is 27.2 Å². The molecule has 3 nitrogen and oxygen atoms in total. The van der Waals surface area contributed by atoms with Gasteiger partial charge in [0.05, 0.1) is 12.8 Å². The zero-order valence-corrected chi connectivity index (χ0v) is 12.7. The average molecular weight is 282 g/mol. The fraction of sp³-hybridized carbons (Fsp3) is 0.389. The van der Waals surface area contributed by atoms with Crippen molar-refractivity contribution in [2.45, 2.75) is 18.8 Å². The number of methoxy groups -OCH3 is 1. The molecule has 110 valence electrons. The van der Waals surface area contributed by atoms with Gasteiger partial charge in [-0.15, -0.1) is 0 Å². The van der Waals surface area contributed by atoms with E-state index >= 15 is 0 Å². The van der Waals surface area contributed by atoms with Crippen molar-refractivity contribution >= 4 is 0 Å². The number of benzene rings is 1. The monoisotopic (exact) mass is 282 g/mol. The summed E-state index contributed by atoms with van der Waals surface area (Å²) in [4.78, 5) is 7.29. The van der Waals surface area contributed by atoms with E-state index in [0.29, 0.717) is 5.92 Å². The van der Waals surface area contributed by atoms with Crippen LogP contribution in [0, 0.1) is 0 Å². The molecule has 1 unspecified atom stereocenters. The van der Waals surface area contributed by atoms with Gasteiger partial charge in [0.25, 0.3) is 0 Å². The van der Waals surface area contributed by atoms with E-state index in [1.807, 2.05) is 18.2 Å². The normalized spacial score (nSPS) is 19.4. The highest BCUT2D eigenvalue weighted by Crippen LogP contribution is 2.28. The Hall–Kier alpha value is -1.87. The minimum absolute atomic E-state index is 0.550. The standard InChI is InChI=1S/C18H22N2O/c1-20-11-5-7-15(13-20)18-10-4-9-17(19-18)14-6-3-8-16(12-14)21-2/h3-4,6,8-10,12,15H,5,7,11,13H2,1-2H3.